The standard InChI is InChI=1S/C21H22N4O4/c1-27-17-4-2-3-15(11-17)19-12-18(29-24-19)14-23-20-6-5-16(13-22-20)21(26)25-7-9-28-10-8-25/h2-6,11-13H,7-10,14H2,1H3,(H,22,23). The Morgan fingerprint density at radius 3 is 2.83 bits per heavy atom. The number of aromatic nitrogens is 2. The third-order valence-corrected chi connectivity index (χ3v) is 4.68. The molecule has 0 bridgehead atoms. The third kappa shape index (κ3) is 4.55. The average Bonchev–Trinajstić information content (AvgIpc) is 3.27. The number of ether oxygens (including phenoxy) is 2. The van der Waals surface area contributed by atoms with Gasteiger partial charge in [-0.05, 0) is 24.3 Å². The van der Waals surface area contributed by atoms with Crippen LogP contribution in [0.1, 0.15) is 16.1 Å². The highest BCUT2D eigenvalue weighted by Gasteiger charge is 2.18. The SMILES string of the molecule is COc1cccc(-c2cc(CNc3ccc(C(=O)N4CCOCC4)cn3)on2)c1. The molecule has 1 fully saturated rings. The number of amides is 1. The number of morpholine rings is 1. The van der Waals surface area contributed by atoms with E-state index in [1.54, 1.807) is 30.3 Å². The van der Waals surface area contributed by atoms with Crippen LogP contribution < -0.4 is 10.1 Å². The summed E-state index contributed by atoms with van der Waals surface area (Å²) >= 11 is 0. The van der Waals surface area contributed by atoms with Gasteiger partial charge in [0.25, 0.3) is 5.91 Å². The molecule has 4 rings (SSSR count). The van der Waals surface area contributed by atoms with E-state index in [0.29, 0.717) is 50.0 Å². The molecule has 1 aromatic carbocycles. The van der Waals surface area contributed by atoms with Crippen molar-refractivity contribution in [3.63, 3.8) is 0 Å². The predicted octanol–water partition coefficient (Wildman–Crippen LogP) is 2.83. The molecule has 0 aliphatic carbocycles. The Balaban J connectivity index is 1.36. The minimum atomic E-state index is -0.0227. The van der Waals surface area contributed by atoms with Gasteiger partial charge in [0.2, 0.25) is 0 Å². The Morgan fingerprint density at radius 1 is 1.21 bits per heavy atom. The molecular formula is C21H22N4O4. The predicted molar refractivity (Wildman–Crippen MR) is 107 cm³/mol. The van der Waals surface area contributed by atoms with Gasteiger partial charge in [0, 0.05) is 30.9 Å². The van der Waals surface area contributed by atoms with Crippen LogP contribution in [0.25, 0.3) is 11.3 Å². The summed E-state index contributed by atoms with van der Waals surface area (Å²) in [7, 11) is 1.63. The van der Waals surface area contributed by atoms with Gasteiger partial charge in [0.05, 0.1) is 32.4 Å². The Hall–Kier alpha value is -3.39. The molecule has 1 aliphatic heterocycles. The zero-order valence-corrected chi connectivity index (χ0v) is 16.1. The number of nitrogens with one attached hydrogen (secondary N) is 1. The van der Waals surface area contributed by atoms with Gasteiger partial charge in [-0.3, -0.25) is 4.79 Å². The number of hydrogen-bond acceptors (Lipinski definition) is 7. The summed E-state index contributed by atoms with van der Waals surface area (Å²) in [4.78, 5) is 18.6. The summed E-state index contributed by atoms with van der Waals surface area (Å²) in [6, 6.07) is 13.1. The van der Waals surface area contributed by atoms with Crippen LogP contribution in [-0.2, 0) is 11.3 Å². The molecule has 1 N–H and O–H groups in total. The first-order chi connectivity index (χ1) is 14.2. The number of methoxy groups -OCH3 is 1. The molecule has 8 nitrogen and oxygen atoms in total. The van der Waals surface area contributed by atoms with E-state index in [-0.39, 0.29) is 5.91 Å². The maximum atomic E-state index is 12.5. The number of carbonyl (C=O) groups excluding carboxylic acids is 1. The van der Waals surface area contributed by atoms with Gasteiger partial charge in [-0.15, -0.1) is 0 Å². The monoisotopic (exact) mass is 394 g/mol. The Labute approximate surface area is 168 Å². The first kappa shape index (κ1) is 18.9. The lowest BCUT2D eigenvalue weighted by atomic mass is 10.1. The van der Waals surface area contributed by atoms with Crippen LogP contribution in [0.3, 0.4) is 0 Å². The first-order valence-electron chi connectivity index (χ1n) is 9.40. The number of pyridine rings is 1. The topological polar surface area (TPSA) is 89.7 Å². The van der Waals surface area contributed by atoms with E-state index in [2.05, 4.69) is 15.5 Å². The van der Waals surface area contributed by atoms with E-state index < -0.39 is 0 Å². The number of anilines is 1. The zero-order valence-electron chi connectivity index (χ0n) is 16.1. The number of carbonyl (C=O) groups is 1. The molecule has 1 aliphatic rings. The van der Waals surface area contributed by atoms with E-state index in [1.807, 2.05) is 30.3 Å². The summed E-state index contributed by atoms with van der Waals surface area (Å²) in [6.45, 7) is 2.81. The number of nitrogens with zero attached hydrogens (tertiary/aromatic N) is 3. The molecule has 29 heavy (non-hydrogen) atoms. The maximum Gasteiger partial charge on any atom is 0.255 e. The molecular weight excluding hydrogens is 372 g/mol. The summed E-state index contributed by atoms with van der Waals surface area (Å²) in [5.41, 5.74) is 2.22. The molecule has 8 heteroatoms. The lowest BCUT2D eigenvalue weighted by Crippen LogP contribution is -2.40. The van der Waals surface area contributed by atoms with Crippen LogP contribution in [0.15, 0.2) is 53.2 Å². The molecule has 0 saturated carbocycles. The van der Waals surface area contributed by atoms with Crippen molar-refractivity contribution in [1.29, 1.82) is 0 Å². The Bertz CT molecular complexity index is 965. The second kappa shape index (κ2) is 8.74. The van der Waals surface area contributed by atoms with Crippen molar-refractivity contribution in [3.8, 4) is 17.0 Å². The van der Waals surface area contributed by atoms with Crippen molar-refractivity contribution >= 4 is 11.7 Å². The van der Waals surface area contributed by atoms with Gasteiger partial charge in [0.1, 0.15) is 17.3 Å². The Kier molecular flexibility index (Phi) is 5.71. The van der Waals surface area contributed by atoms with Gasteiger partial charge in [-0.2, -0.15) is 0 Å². The average molecular weight is 394 g/mol. The summed E-state index contributed by atoms with van der Waals surface area (Å²) in [5, 5.41) is 7.29. The van der Waals surface area contributed by atoms with Gasteiger partial charge in [0.15, 0.2) is 5.76 Å². The molecule has 0 unspecified atom stereocenters. The Morgan fingerprint density at radius 2 is 2.07 bits per heavy atom. The van der Waals surface area contributed by atoms with Gasteiger partial charge in [-0.25, -0.2) is 4.98 Å². The summed E-state index contributed by atoms with van der Waals surface area (Å²) in [6.07, 6.45) is 1.59. The quantitative estimate of drug-likeness (QED) is 0.687. The molecule has 1 saturated heterocycles. The van der Waals surface area contributed by atoms with E-state index >= 15 is 0 Å². The van der Waals surface area contributed by atoms with Crippen molar-refractivity contribution in [1.82, 2.24) is 15.0 Å². The highest BCUT2D eigenvalue weighted by atomic mass is 16.5. The molecule has 1 amide bonds. The second-order valence-electron chi connectivity index (χ2n) is 6.60. The van der Waals surface area contributed by atoms with Crippen molar-refractivity contribution in [2.24, 2.45) is 0 Å². The smallest absolute Gasteiger partial charge is 0.255 e. The molecule has 0 atom stereocenters. The summed E-state index contributed by atoms with van der Waals surface area (Å²) in [5.74, 6) is 2.08. The number of hydrogen-bond donors (Lipinski definition) is 1. The van der Waals surface area contributed by atoms with Gasteiger partial charge < -0.3 is 24.2 Å². The number of benzene rings is 1. The van der Waals surface area contributed by atoms with Gasteiger partial charge in [-0.1, -0.05) is 17.3 Å². The van der Waals surface area contributed by atoms with Crippen LogP contribution in [0.2, 0.25) is 0 Å². The van der Waals surface area contributed by atoms with E-state index in [0.717, 1.165) is 17.0 Å². The van der Waals surface area contributed by atoms with Gasteiger partial charge >= 0.3 is 0 Å². The third-order valence-electron chi connectivity index (χ3n) is 4.68. The fourth-order valence-corrected chi connectivity index (χ4v) is 3.07. The minimum Gasteiger partial charge on any atom is -0.497 e. The van der Waals surface area contributed by atoms with E-state index in [4.69, 9.17) is 14.0 Å². The van der Waals surface area contributed by atoms with Crippen LogP contribution in [0.5, 0.6) is 5.75 Å². The molecule has 0 spiro atoms. The van der Waals surface area contributed by atoms with E-state index in [9.17, 15) is 4.79 Å². The maximum absolute atomic E-state index is 12.5. The fraction of sp³-hybridized carbons (Fsp3) is 0.286. The fourth-order valence-electron chi connectivity index (χ4n) is 3.07. The van der Waals surface area contributed by atoms with Crippen molar-refractivity contribution < 1.29 is 18.8 Å². The molecule has 3 heterocycles. The normalized spacial score (nSPS) is 13.9. The lowest BCUT2D eigenvalue weighted by molar-refractivity contribution is 0.0302. The number of rotatable bonds is 6. The lowest BCUT2D eigenvalue weighted by Gasteiger charge is -2.26. The van der Waals surface area contributed by atoms with Crippen molar-refractivity contribution in [3.05, 3.63) is 60.0 Å². The van der Waals surface area contributed by atoms with Crippen molar-refractivity contribution in [2.75, 3.05) is 38.7 Å². The largest absolute Gasteiger partial charge is 0.497 e. The van der Waals surface area contributed by atoms with E-state index in [1.165, 1.54) is 0 Å². The second-order valence-corrected chi connectivity index (χ2v) is 6.60. The van der Waals surface area contributed by atoms with Crippen LogP contribution in [0, 0.1) is 0 Å². The minimum absolute atomic E-state index is 0.0227. The molecule has 3 aromatic rings. The summed E-state index contributed by atoms with van der Waals surface area (Å²) < 4.78 is 15.9. The van der Waals surface area contributed by atoms with Crippen LogP contribution in [0.4, 0.5) is 5.82 Å². The van der Waals surface area contributed by atoms with Crippen molar-refractivity contribution in [2.45, 2.75) is 6.54 Å². The highest BCUT2D eigenvalue weighted by molar-refractivity contribution is 5.94. The van der Waals surface area contributed by atoms with Crippen LogP contribution in [-0.4, -0.2) is 54.4 Å². The molecule has 2 aromatic heterocycles. The molecule has 150 valence electrons. The first-order valence-corrected chi connectivity index (χ1v) is 9.40. The zero-order chi connectivity index (χ0) is 20.1. The highest BCUT2D eigenvalue weighted by Crippen LogP contribution is 2.23. The molecule has 0 radical (unpaired) electrons. The van der Waals surface area contributed by atoms with Crippen LogP contribution >= 0.6 is 0 Å².